The zero-order chi connectivity index (χ0) is 13.8. The summed E-state index contributed by atoms with van der Waals surface area (Å²) in [6, 6.07) is 4.31. The molecule has 0 aromatic carbocycles. The van der Waals surface area contributed by atoms with Gasteiger partial charge in [-0.25, -0.2) is 14.8 Å². The van der Waals surface area contributed by atoms with Gasteiger partial charge < -0.3 is 10.2 Å². The Bertz CT molecular complexity index is 440. The van der Waals surface area contributed by atoms with Crippen LogP contribution in [0.15, 0.2) is 18.3 Å². The largest absolute Gasteiger partial charge is 0.465 e. The lowest BCUT2D eigenvalue weighted by Crippen LogP contribution is -2.47. The number of nitrogens with zero attached hydrogens (tertiary/aromatic N) is 2. The number of aromatic nitrogens is 1. The summed E-state index contributed by atoms with van der Waals surface area (Å²) in [5.74, 6) is 0.341. The van der Waals surface area contributed by atoms with Gasteiger partial charge in [0.1, 0.15) is 5.82 Å². The highest BCUT2D eigenvalue weighted by Gasteiger charge is 2.25. The molecule has 0 saturated carbocycles. The fourth-order valence-corrected chi connectivity index (χ4v) is 2.51. The van der Waals surface area contributed by atoms with Gasteiger partial charge in [0.05, 0.1) is 12.7 Å². The van der Waals surface area contributed by atoms with Gasteiger partial charge in [0.25, 0.3) is 0 Å². The van der Waals surface area contributed by atoms with E-state index in [1.807, 2.05) is 0 Å². The molecule has 1 aliphatic rings. The molecule has 2 unspecified atom stereocenters. The molecule has 0 radical (unpaired) electrons. The van der Waals surface area contributed by atoms with E-state index in [0.717, 1.165) is 0 Å². The van der Waals surface area contributed by atoms with Crippen LogP contribution in [0.3, 0.4) is 0 Å². The maximum atomic E-state index is 11.5. The highest BCUT2D eigenvalue weighted by Crippen LogP contribution is 2.23. The van der Waals surface area contributed by atoms with Gasteiger partial charge in [-0.05, 0) is 38.8 Å². The first kappa shape index (κ1) is 13.8. The molecule has 0 bridgehead atoms. The van der Waals surface area contributed by atoms with Gasteiger partial charge >= 0.3 is 5.97 Å². The highest BCUT2D eigenvalue weighted by atomic mass is 16.5. The minimum atomic E-state index is -0.342. The van der Waals surface area contributed by atoms with E-state index in [1.165, 1.54) is 26.4 Å². The van der Waals surface area contributed by atoms with Gasteiger partial charge in [-0.1, -0.05) is 6.42 Å². The van der Waals surface area contributed by atoms with Crippen molar-refractivity contribution in [2.45, 2.75) is 45.2 Å². The van der Waals surface area contributed by atoms with Crippen molar-refractivity contribution in [3.8, 4) is 0 Å². The van der Waals surface area contributed by atoms with E-state index < -0.39 is 0 Å². The molecule has 2 atom stereocenters. The third kappa shape index (κ3) is 3.23. The Labute approximate surface area is 113 Å². The minimum Gasteiger partial charge on any atom is -0.465 e. The van der Waals surface area contributed by atoms with Crippen molar-refractivity contribution in [1.29, 1.82) is 0 Å². The van der Waals surface area contributed by atoms with E-state index in [0.29, 0.717) is 23.5 Å². The first-order valence-corrected chi connectivity index (χ1v) is 6.71. The van der Waals surface area contributed by atoms with Gasteiger partial charge in [0.15, 0.2) is 0 Å². The summed E-state index contributed by atoms with van der Waals surface area (Å²) < 4.78 is 4.72. The zero-order valence-electron chi connectivity index (χ0n) is 11.7. The fraction of sp³-hybridized carbons (Fsp3) is 0.571. The molecule has 0 spiro atoms. The van der Waals surface area contributed by atoms with Crippen LogP contribution in [0, 0.1) is 0 Å². The first-order chi connectivity index (χ1) is 9.11. The van der Waals surface area contributed by atoms with Gasteiger partial charge in [-0.2, -0.15) is 0 Å². The number of ether oxygens (including phenoxy) is 1. The van der Waals surface area contributed by atoms with Crippen molar-refractivity contribution in [2.24, 2.45) is 0 Å². The van der Waals surface area contributed by atoms with Crippen molar-refractivity contribution < 1.29 is 9.53 Å². The molecule has 1 aromatic rings. The van der Waals surface area contributed by atoms with Gasteiger partial charge in [-0.15, -0.1) is 0 Å². The summed E-state index contributed by atoms with van der Waals surface area (Å²) in [6.07, 6.45) is 5.23. The minimum absolute atomic E-state index is 0.342. The number of anilines is 1. The third-order valence-corrected chi connectivity index (χ3v) is 3.62. The predicted molar refractivity (Wildman–Crippen MR) is 73.8 cm³/mol. The van der Waals surface area contributed by atoms with E-state index in [-0.39, 0.29) is 5.97 Å². The Hall–Kier alpha value is -1.62. The molecule has 1 saturated heterocycles. The number of hydrogen-bond donors (Lipinski definition) is 1. The number of rotatable bonds is 3. The maximum absolute atomic E-state index is 11.5. The quantitative estimate of drug-likeness (QED) is 0.849. The molecule has 2 rings (SSSR count). The molecule has 1 aliphatic heterocycles. The number of pyridine rings is 1. The second-order valence-electron chi connectivity index (χ2n) is 5.07. The Kier molecular flexibility index (Phi) is 4.37. The summed E-state index contributed by atoms with van der Waals surface area (Å²) in [4.78, 5) is 15.8. The standard InChI is InChI=1S/C14H21N3O2/c1-10-5-4-6-11(2)17(10)16-13-9-12(7-8-15-13)14(18)19-3/h7-11H,4-6H2,1-3H3,(H,15,16). The van der Waals surface area contributed by atoms with Gasteiger partial charge in [0, 0.05) is 18.3 Å². The Morgan fingerprint density at radius 3 is 2.74 bits per heavy atom. The number of hydrogen-bond acceptors (Lipinski definition) is 5. The number of carbonyl (C=O) groups is 1. The molecule has 1 N–H and O–H groups in total. The second kappa shape index (κ2) is 6.02. The van der Waals surface area contributed by atoms with Crippen molar-refractivity contribution >= 4 is 11.8 Å². The van der Waals surface area contributed by atoms with E-state index >= 15 is 0 Å². The molecule has 19 heavy (non-hydrogen) atoms. The van der Waals surface area contributed by atoms with E-state index in [2.05, 4.69) is 29.3 Å². The average molecular weight is 263 g/mol. The van der Waals surface area contributed by atoms with Crippen LogP contribution in [0.5, 0.6) is 0 Å². The topological polar surface area (TPSA) is 54.5 Å². The lowest BCUT2D eigenvalue weighted by Gasteiger charge is -2.39. The van der Waals surface area contributed by atoms with Crippen molar-refractivity contribution in [1.82, 2.24) is 9.99 Å². The Morgan fingerprint density at radius 1 is 1.42 bits per heavy atom. The van der Waals surface area contributed by atoms with Crippen molar-refractivity contribution in [3.05, 3.63) is 23.9 Å². The average Bonchev–Trinajstić information content (AvgIpc) is 2.42. The van der Waals surface area contributed by atoms with E-state index in [1.54, 1.807) is 18.3 Å². The summed E-state index contributed by atoms with van der Waals surface area (Å²) in [5.41, 5.74) is 3.83. The van der Waals surface area contributed by atoms with Gasteiger partial charge in [0.2, 0.25) is 0 Å². The second-order valence-corrected chi connectivity index (χ2v) is 5.07. The van der Waals surface area contributed by atoms with Crippen LogP contribution in [-0.4, -0.2) is 35.2 Å². The van der Waals surface area contributed by atoms with Crippen molar-refractivity contribution in [3.63, 3.8) is 0 Å². The van der Waals surface area contributed by atoms with Crippen LogP contribution in [0.2, 0.25) is 0 Å². The number of piperidine rings is 1. The number of nitrogens with one attached hydrogen (secondary N) is 1. The molecule has 5 nitrogen and oxygen atoms in total. The lowest BCUT2D eigenvalue weighted by atomic mass is 10.00. The number of esters is 1. The number of carbonyl (C=O) groups excluding carboxylic acids is 1. The predicted octanol–water partition coefficient (Wildman–Crippen LogP) is 2.46. The molecule has 0 amide bonds. The summed E-state index contributed by atoms with van der Waals surface area (Å²) >= 11 is 0. The monoisotopic (exact) mass is 263 g/mol. The summed E-state index contributed by atoms with van der Waals surface area (Å²) in [5, 5.41) is 2.22. The SMILES string of the molecule is COC(=O)c1ccnc(NN2C(C)CCCC2C)c1. The Morgan fingerprint density at radius 2 is 2.11 bits per heavy atom. The van der Waals surface area contributed by atoms with Crippen LogP contribution >= 0.6 is 0 Å². The zero-order valence-corrected chi connectivity index (χ0v) is 11.7. The van der Waals surface area contributed by atoms with Crippen LogP contribution in [0.1, 0.15) is 43.5 Å². The molecular weight excluding hydrogens is 242 g/mol. The smallest absolute Gasteiger partial charge is 0.338 e. The van der Waals surface area contributed by atoms with Gasteiger partial charge in [-0.3, -0.25) is 0 Å². The molecule has 1 fully saturated rings. The molecule has 104 valence electrons. The first-order valence-electron chi connectivity index (χ1n) is 6.71. The van der Waals surface area contributed by atoms with Crippen LogP contribution in [0.25, 0.3) is 0 Å². The molecular formula is C14H21N3O2. The highest BCUT2D eigenvalue weighted by molar-refractivity contribution is 5.89. The van der Waals surface area contributed by atoms with Crippen LogP contribution in [-0.2, 0) is 4.74 Å². The molecule has 5 heteroatoms. The van der Waals surface area contributed by atoms with Crippen molar-refractivity contribution in [2.75, 3.05) is 12.5 Å². The maximum Gasteiger partial charge on any atom is 0.338 e. The normalized spacial score (nSPS) is 23.9. The summed E-state index contributed by atoms with van der Waals surface area (Å²) in [7, 11) is 1.38. The lowest BCUT2D eigenvalue weighted by molar-refractivity contribution is 0.0600. The van der Waals surface area contributed by atoms with E-state index in [9.17, 15) is 4.79 Å². The number of methoxy groups -OCH3 is 1. The summed E-state index contributed by atoms with van der Waals surface area (Å²) in [6.45, 7) is 4.40. The fourth-order valence-electron chi connectivity index (χ4n) is 2.51. The number of hydrazine groups is 1. The van der Waals surface area contributed by atoms with Crippen LogP contribution in [0.4, 0.5) is 5.82 Å². The van der Waals surface area contributed by atoms with E-state index in [4.69, 9.17) is 4.74 Å². The Balaban J connectivity index is 2.12. The molecule has 2 heterocycles. The van der Waals surface area contributed by atoms with Crippen LogP contribution < -0.4 is 5.43 Å². The molecule has 0 aliphatic carbocycles. The third-order valence-electron chi connectivity index (χ3n) is 3.62. The molecule has 1 aromatic heterocycles.